The maximum atomic E-state index is 13.4. The lowest BCUT2D eigenvalue weighted by molar-refractivity contribution is 0.0687. The molecule has 5 nitrogen and oxygen atoms in total. The normalized spacial score (nSPS) is 17.2. The Balaban J connectivity index is 1.70. The third-order valence-corrected chi connectivity index (χ3v) is 6.49. The number of aromatic nitrogens is 2. The molecule has 1 atom stereocenters. The number of rotatable bonds is 3. The number of aryl methyl sites for hydroxylation is 1. The molecule has 1 unspecified atom stereocenters. The molecule has 0 saturated carbocycles. The zero-order chi connectivity index (χ0) is 19.8. The Morgan fingerprint density at radius 3 is 2.96 bits per heavy atom. The van der Waals surface area contributed by atoms with Crippen LogP contribution in [-0.4, -0.2) is 33.4 Å². The van der Waals surface area contributed by atoms with Gasteiger partial charge in [0.25, 0.3) is 11.5 Å². The summed E-state index contributed by atoms with van der Waals surface area (Å²) >= 11 is 1.28. The van der Waals surface area contributed by atoms with Gasteiger partial charge in [0.1, 0.15) is 10.6 Å². The number of hydrogen-bond donors (Lipinski definition) is 0. The molecule has 1 amide bonds. The number of benzene rings is 1. The first-order valence-electron chi connectivity index (χ1n) is 9.46. The average Bonchev–Trinajstić information content (AvgIpc) is 3.01. The van der Waals surface area contributed by atoms with Gasteiger partial charge >= 0.3 is 0 Å². The second-order valence-corrected chi connectivity index (χ2v) is 8.54. The van der Waals surface area contributed by atoms with E-state index in [1.54, 1.807) is 12.1 Å². The van der Waals surface area contributed by atoms with Gasteiger partial charge < -0.3 is 4.90 Å². The minimum Gasteiger partial charge on any atom is -0.338 e. The van der Waals surface area contributed by atoms with Crippen LogP contribution in [0.5, 0.6) is 0 Å². The van der Waals surface area contributed by atoms with Crippen LogP contribution in [0.4, 0.5) is 4.39 Å². The van der Waals surface area contributed by atoms with Crippen LogP contribution in [-0.2, 0) is 6.54 Å². The van der Waals surface area contributed by atoms with Crippen molar-refractivity contribution in [3.8, 4) is 0 Å². The van der Waals surface area contributed by atoms with Gasteiger partial charge in [-0.05, 0) is 48.9 Å². The summed E-state index contributed by atoms with van der Waals surface area (Å²) in [7, 11) is 0. The molecule has 2 aromatic heterocycles. The molecule has 0 bridgehead atoms. The predicted octanol–water partition coefficient (Wildman–Crippen LogP) is 3.83. The highest BCUT2D eigenvalue weighted by atomic mass is 32.1. The van der Waals surface area contributed by atoms with Crippen LogP contribution in [0.25, 0.3) is 10.2 Å². The van der Waals surface area contributed by atoms with E-state index in [9.17, 15) is 14.0 Å². The summed E-state index contributed by atoms with van der Waals surface area (Å²) < 4.78 is 14.9. The van der Waals surface area contributed by atoms with E-state index in [-0.39, 0.29) is 23.8 Å². The second-order valence-electron chi connectivity index (χ2n) is 7.54. The maximum absolute atomic E-state index is 13.4. The van der Waals surface area contributed by atoms with E-state index in [2.05, 4.69) is 11.9 Å². The molecule has 146 valence electrons. The number of amides is 1. The third-order valence-electron chi connectivity index (χ3n) is 5.30. The molecule has 0 N–H and O–H groups in total. The van der Waals surface area contributed by atoms with Gasteiger partial charge in [0.05, 0.1) is 23.1 Å². The van der Waals surface area contributed by atoms with Gasteiger partial charge in [0.2, 0.25) is 0 Å². The molecule has 1 fully saturated rings. The van der Waals surface area contributed by atoms with Crippen molar-refractivity contribution >= 4 is 27.5 Å². The van der Waals surface area contributed by atoms with E-state index >= 15 is 0 Å². The Morgan fingerprint density at radius 1 is 1.39 bits per heavy atom. The van der Waals surface area contributed by atoms with Gasteiger partial charge in [-0.2, -0.15) is 0 Å². The lowest BCUT2D eigenvalue weighted by Crippen LogP contribution is -2.39. The Labute approximate surface area is 166 Å². The maximum Gasteiger partial charge on any atom is 0.264 e. The molecule has 3 aromatic rings. The lowest BCUT2D eigenvalue weighted by atomic mass is 10.00. The number of nitrogens with zero attached hydrogens (tertiary/aromatic N) is 3. The van der Waals surface area contributed by atoms with Gasteiger partial charge in [0, 0.05) is 13.1 Å². The fourth-order valence-corrected chi connectivity index (χ4v) is 4.93. The molecule has 1 aliphatic heterocycles. The van der Waals surface area contributed by atoms with Crippen LogP contribution < -0.4 is 5.56 Å². The van der Waals surface area contributed by atoms with Gasteiger partial charge in [-0.1, -0.05) is 19.1 Å². The molecule has 1 saturated heterocycles. The zero-order valence-electron chi connectivity index (χ0n) is 15.9. The van der Waals surface area contributed by atoms with Gasteiger partial charge in [0.15, 0.2) is 0 Å². The molecule has 1 aromatic carbocycles. The Hall–Kier alpha value is -2.54. The average molecular weight is 399 g/mol. The summed E-state index contributed by atoms with van der Waals surface area (Å²) in [6.45, 7) is 5.72. The fraction of sp³-hybridized carbons (Fsp3) is 0.381. The van der Waals surface area contributed by atoms with Gasteiger partial charge in [-0.25, -0.2) is 9.37 Å². The number of likely N-dealkylation sites (tertiary alicyclic amines) is 1. The number of hydrogen-bond acceptors (Lipinski definition) is 4. The number of fused-ring (bicyclic) bond motifs is 1. The van der Waals surface area contributed by atoms with Crippen LogP contribution in [0.1, 0.15) is 40.6 Å². The van der Waals surface area contributed by atoms with Gasteiger partial charge in [-0.15, -0.1) is 11.3 Å². The molecule has 28 heavy (non-hydrogen) atoms. The van der Waals surface area contributed by atoms with Crippen LogP contribution >= 0.6 is 11.3 Å². The summed E-state index contributed by atoms with van der Waals surface area (Å²) in [5.41, 5.74) is 1.18. The summed E-state index contributed by atoms with van der Waals surface area (Å²) in [6.07, 6.45) is 3.62. The minimum absolute atomic E-state index is 0.0110. The molecule has 0 aliphatic carbocycles. The van der Waals surface area contributed by atoms with Crippen molar-refractivity contribution in [1.29, 1.82) is 0 Å². The van der Waals surface area contributed by atoms with Crippen molar-refractivity contribution < 1.29 is 9.18 Å². The first kappa shape index (κ1) is 18.8. The van der Waals surface area contributed by atoms with Crippen molar-refractivity contribution in [3.05, 3.63) is 62.8 Å². The van der Waals surface area contributed by atoms with Crippen LogP contribution in [0.2, 0.25) is 0 Å². The first-order chi connectivity index (χ1) is 13.4. The van der Waals surface area contributed by atoms with E-state index in [1.165, 1.54) is 34.4 Å². The van der Waals surface area contributed by atoms with Crippen molar-refractivity contribution in [2.75, 3.05) is 13.1 Å². The molecule has 0 radical (unpaired) electrons. The topological polar surface area (TPSA) is 55.2 Å². The molecule has 1 aliphatic rings. The minimum atomic E-state index is -0.338. The molecular weight excluding hydrogens is 377 g/mol. The summed E-state index contributed by atoms with van der Waals surface area (Å²) in [4.78, 5) is 33.5. The highest BCUT2D eigenvalue weighted by Crippen LogP contribution is 2.29. The highest BCUT2D eigenvalue weighted by molar-refractivity contribution is 7.20. The number of carbonyl (C=O) groups is 1. The summed E-state index contributed by atoms with van der Waals surface area (Å²) in [6, 6.07) is 6.17. The zero-order valence-corrected chi connectivity index (χ0v) is 16.8. The quantitative estimate of drug-likeness (QED) is 0.673. The molecule has 3 heterocycles. The van der Waals surface area contributed by atoms with E-state index in [0.29, 0.717) is 32.1 Å². The number of halogens is 1. The van der Waals surface area contributed by atoms with Crippen molar-refractivity contribution in [2.24, 2.45) is 5.92 Å². The lowest BCUT2D eigenvalue weighted by Gasteiger charge is -2.30. The first-order valence-corrected chi connectivity index (χ1v) is 10.3. The van der Waals surface area contributed by atoms with Crippen molar-refractivity contribution in [1.82, 2.24) is 14.5 Å². The smallest absolute Gasteiger partial charge is 0.264 e. The predicted molar refractivity (Wildman–Crippen MR) is 108 cm³/mol. The molecular formula is C21H22FN3O2S. The molecule has 7 heteroatoms. The highest BCUT2D eigenvalue weighted by Gasteiger charge is 2.26. The van der Waals surface area contributed by atoms with Crippen LogP contribution in [0, 0.1) is 18.7 Å². The van der Waals surface area contributed by atoms with Crippen LogP contribution in [0.3, 0.4) is 0 Å². The van der Waals surface area contributed by atoms with Crippen LogP contribution in [0.15, 0.2) is 35.4 Å². The monoisotopic (exact) mass is 399 g/mol. The Bertz CT molecular complexity index is 1100. The standard InChI is InChI=1S/C21H22FN3O2S/c1-13-5-4-8-24(10-13)21(27)18-14(2)17-19(28-18)23-12-25(20(17)26)11-15-6-3-7-16(22)9-15/h3,6-7,9,12-13H,4-5,8,10-11H2,1-2H3. The third kappa shape index (κ3) is 3.46. The fourth-order valence-electron chi connectivity index (χ4n) is 3.83. The second kappa shape index (κ2) is 7.47. The number of piperidine rings is 1. The van der Waals surface area contributed by atoms with E-state index in [0.717, 1.165) is 25.9 Å². The number of thiophene rings is 1. The van der Waals surface area contributed by atoms with Crippen molar-refractivity contribution in [3.63, 3.8) is 0 Å². The summed E-state index contributed by atoms with van der Waals surface area (Å²) in [5.74, 6) is 0.145. The number of carbonyl (C=O) groups excluding carboxylic acids is 1. The van der Waals surface area contributed by atoms with E-state index in [1.807, 2.05) is 11.8 Å². The Morgan fingerprint density at radius 2 is 2.21 bits per heavy atom. The largest absolute Gasteiger partial charge is 0.338 e. The van der Waals surface area contributed by atoms with Crippen molar-refractivity contribution in [2.45, 2.75) is 33.2 Å². The molecule has 0 spiro atoms. The van der Waals surface area contributed by atoms with E-state index < -0.39 is 0 Å². The SMILES string of the molecule is Cc1c(C(=O)N2CCCC(C)C2)sc2ncn(Cc3cccc(F)c3)c(=O)c12. The summed E-state index contributed by atoms with van der Waals surface area (Å²) in [5, 5.41) is 0.484. The van der Waals surface area contributed by atoms with Gasteiger partial charge in [-0.3, -0.25) is 14.2 Å². The Kier molecular flexibility index (Phi) is 5.02. The molecule has 4 rings (SSSR count). The van der Waals surface area contributed by atoms with E-state index in [4.69, 9.17) is 0 Å².